The predicted octanol–water partition coefficient (Wildman–Crippen LogP) is 1.99. The van der Waals surface area contributed by atoms with Gasteiger partial charge in [-0.25, -0.2) is 35.8 Å². The largest absolute Gasteiger partial charge is 0.484 e. The number of sulfonamides is 2. The van der Waals surface area contributed by atoms with Gasteiger partial charge in [-0.05, 0) is 55.0 Å². The van der Waals surface area contributed by atoms with Gasteiger partial charge >= 0.3 is 0 Å². The number of carbonyl (C=O) groups is 1. The molecule has 186 valence electrons. The molecule has 0 saturated carbocycles. The summed E-state index contributed by atoms with van der Waals surface area (Å²) in [4.78, 5) is 20.1. The molecular weight excluding hydrogens is 494 g/mol. The third-order valence-corrected chi connectivity index (χ3v) is 7.34. The summed E-state index contributed by atoms with van der Waals surface area (Å²) in [5.74, 6) is -0.0282. The van der Waals surface area contributed by atoms with Crippen LogP contribution in [0.3, 0.4) is 0 Å². The van der Waals surface area contributed by atoms with Crippen LogP contribution in [0.1, 0.15) is 11.3 Å². The summed E-state index contributed by atoms with van der Waals surface area (Å²) in [6.45, 7) is 1.67. The maximum atomic E-state index is 12.5. The molecule has 0 radical (unpaired) electrons. The van der Waals surface area contributed by atoms with E-state index in [0.717, 1.165) is 11.8 Å². The van der Waals surface area contributed by atoms with Crippen molar-refractivity contribution in [2.45, 2.75) is 18.4 Å². The van der Waals surface area contributed by atoms with Crippen molar-refractivity contribution in [2.75, 3.05) is 29.9 Å². The lowest BCUT2D eigenvalue weighted by atomic mass is 10.2. The van der Waals surface area contributed by atoms with Gasteiger partial charge in [-0.1, -0.05) is 12.1 Å². The molecule has 0 saturated heterocycles. The molecular formula is C22H25N5O6S2. The van der Waals surface area contributed by atoms with Crippen molar-refractivity contribution in [1.29, 1.82) is 0 Å². The lowest BCUT2D eigenvalue weighted by Gasteiger charge is -2.14. The number of aromatic nitrogens is 2. The number of hydrogen-bond acceptors (Lipinski definition) is 8. The first kappa shape index (κ1) is 26.1. The second-order valence-corrected chi connectivity index (χ2v) is 11.4. The predicted molar refractivity (Wildman–Crippen MR) is 131 cm³/mol. The Labute approximate surface area is 204 Å². The molecule has 0 aliphatic rings. The van der Waals surface area contributed by atoms with Gasteiger partial charge in [-0.2, -0.15) is 0 Å². The SMILES string of the molecule is Cc1ccnc(NS(=O)(=O)c2ccc(NC(=O)COc3ccc(CN(C)S(C)(=O)=O)cc3)cc2)n1. The van der Waals surface area contributed by atoms with Gasteiger partial charge in [-0.3, -0.25) is 4.79 Å². The maximum Gasteiger partial charge on any atom is 0.264 e. The quantitative estimate of drug-likeness (QED) is 0.413. The number of carbonyl (C=O) groups excluding carboxylic acids is 1. The standard InChI is InChI=1S/C22H25N5O6S2/c1-16-12-13-23-22(24-16)26-35(31,32)20-10-6-18(7-11-20)25-21(28)15-33-19-8-4-17(5-9-19)14-27(2)34(3,29)30/h4-13H,14-15H2,1-3H3,(H,25,28)(H,23,24,26). The van der Waals surface area contributed by atoms with Gasteiger partial charge < -0.3 is 10.1 Å². The molecule has 1 amide bonds. The van der Waals surface area contributed by atoms with Crippen LogP contribution in [0.4, 0.5) is 11.6 Å². The van der Waals surface area contributed by atoms with Crippen LogP contribution in [0.2, 0.25) is 0 Å². The van der Waals surface area contributed by atoms with Crippen LogP contribution in [0.15, 0.2) is 65.7 Å². The lowest BCUT2D eigenvalue weighted by molar-refractivity contribution is -0.118. The first-order valence-electron chi connectivity index (χ1n) is 10.3. The average Bonchev–Trinajstić information content (AvgIpc) is 2.78. The van der Waals surface area contributed by atoms with Crippen LogP contribution in [0, 0.1) is 6.92 Å². The molecule has 0 spiro atoms. The zero-order valence-electron chi connectivity index (χ0n) is 19.3. The highest BCUT2D eigenvalue weighted by Gasteiger charge is 2.16. The Morgan fingerprint density at radius 3 is 2.26 bits per heavy atom. The number of ether oxygens (including phenoxy) is 1. The van der Waals surface area contributed by atoms with Crippen LogP contribution < -0.4 is 14.8 Å². The van der Waals surface area contributed by atoms with Gasteiger partial charge in [0.2, 0.25) is 16.0 Å². The molecule has 3 aromatic rings. The molecule has 2 aromatic carbocycles. The maximum absolute atomic E-state index is 12.5. The van der Waals surface area contributed by atoms with Crippen molar-refractivity contribution in [3.8, 4) is 5.75 Å². The van der Waals surface area contributed by atoms with Crippen molar-refractivity contribution in [3.05, 3.63) is 72.1 Å². The van der Waals surface area contributed by atoms with Crippen molar-refractivity contribution in [3.63, 3.8) is 0 Å². The number of anilines is 2. The summed E-state index contributed by atoms with van der Waals surface area (Å²) >= 11 is 0. The minimum Gasteiger partial charge on any atom is -0.484 e. The van der Waals surface area contributed by atoms with Crippen LogP contribution in [-0.2, 0) is 31.4 Å². The number of rotatable bonds is 10. The van der Waals surface area contributed by atoms with Crippen LogP contribution >= 0.6 is 0 Å². The molecule has 11 nitrogen and oxygen atoms in total. The topological polar surface area (TPSA) is 148 Å². The molecule has 2 N–H and O–H groups in total. The smallest absolute Gasteiger partial charge is 0.264 e. The molecule has 0 aliphatic carbocycles. The molecule has 35 heavy (non-hydrogen) atoms. The van der Waals surface area contributed by atoms with E-state index < -0.39 is 26.0 Å². The number of nitrogens with one attached hydrogen (secondary N) is 2. The van der Waals surface area contributed by atoms with Gasteiger partial charge in [0, 0.05) is 31.2 Å². The highest BCUT2D eigenvalue weighted by atomic mass is 32.2. The summed E-state index contributed by atoms with van der Waals surface area (Å²) in [5, 5.41) is 2.62. The monoisotopic (exact) mass is 519 g/mol. The molecule has 0 bridgehead atoms. The van der Waals surface area contributed by atoms with Crippen molar-refractivity contribution in [1.82, 2.24) is 14.3 Å². The highest BCUT2D eigenvalue weighted by Crippen LogP contribution is 2.17. The van der Waals surface area contributed by atoms with Crippen molar-refractivity contribution >= 4 is 37.6 Å². The number of benzene rings is 2. The van der Waals surface area contributed by atoms with Gasteiger partial charge in [0.1, 0.15) is 5.75 Å². The Morgan fingerprint density at radius 1 is 1.00 bits per heavy atom. The van der Waals surface area contributed by atoms with Crippen molar-refractivity contribution in [2.24, 2.45) is 0 Å². The minimum absolute atomic E-state index is 0.0153. The summed E-state index contributed by atoms with van der Waals surface area (Å²) in [7, 11) is -5.69. The van der Waals surface area contributed by atoms with E-state index in [1.54, 1.807) is 37.3 Å². The summed E-state index contributed by atoms with van der Waals surface area (Å²) in [6.07, 6.45) is 2.58. The average molecular weight is 520 g/mol. The van der Waals surface area contributed by atoms with E-state index in [0.29, 0.717) is 17.1 Å². The Balaban J connectivity index is 1.52. The zero-order chi connectivity index (χ0) is 25.6. The van der Waals surface area contributed by atoms with Crippen molar-refractivity contribution < 1.29 is 26.4 Å². The molecule has 0 aliphatic heterocycles. The second kappa shape index (κ2) is 10.8. The first-order chi connectivity index (χ1) is 16.4. The number of nitrogens with zero attached hydrogens (tertiary/aromatic N) is 3. The lowest BCUT2D eigenvalue weighted by Crippen LogP contribution is -2.24. The van der Waals surface area contributed by atoms with E-state index in [1.807, 2.05) is 0 Å². The van der Waals surface area contributed by atoms with Gasteiger partial charge in [0.25, 0.3) is 15.9 Å². The molecule has 0 atom stereocenters. The number of amides is 1. The van der Waals surface area contributed by atoms with Gasteiger partial charge in [-0.15, -0.1) is 0 Å². The third kappa shape index (κ3) is 7.73. The highest BCUT2D eigenvalue weighted by molar-refractivity contribution is 7.92. The number of aryl methyl sites for hydroxylation is 1. The molecule has 13 heteroatoms. The fourth-order valence-electron chi connectivity index (χ4n) is 2.81. The van der Waals surface area contributed by atoms with E-state index in [2.05, 4.69) is 20.0 Å². The van der Waals surface area contributed by atoms with E-state index in [4.69, 9.17) is 4.74 Å². The molecule has 3 rings (SSSR count). The zero-order valence-corrected chi connectivity index (χ0v) is 20.9. The fourth-order valence-corrected chi connectivity index (χ4v) is 4.14. The Bertz CT molecular complexity index is 1390. The molecule has 0 fully saturated rings. The second-order valence-electron chi connectivity index (χ2n) is 7.65. The summed E-state index contributed by atoms with van der Waals surface area (Å²) in [5.41, 5.74) is 1.78. The van der Waals surface area contributed by atoms with E-state index in [9.17, 15) is 21.6 Å². The van der Waals surface area contributed by atoms with E-state index >= 15 is 0 Å². The van der Waals surface area contributed by atoms with Crippen LogP contribution in [0.25, 0.3) is 0 Å². The Kier molecular flexibility index (Phi) is 8.04. The van der Waals surface area contributed by atoms with Gasteiger partial charge in [0.15, 0.2) is 6.61 Å². The summed E-state index contributed by atoms with van der Waals surface area (Å²) in [6, 6.07) is 14.0. The fraction of sp³-hybridized carbons (Fsp3) is 0.227. The summed E-state index contributed by atoms with van der Waals surface area (Å²) < 4.78 is 57.0. The van der Waals surface area contributed by atoms with E-state index in [1.165, 1.54) is 41.8 Å². The number of hydrogen-bond donors (Lipinski definition) is 2. The molecule has 0 unspecified atom stereocenters. The third-order valence-electron chi connectivity index (χ3n) is 4.73. The van der Waals surface area contributed by atoms with Crippen LogP contribution in [-0.4, -0.2) is 56.9 Å². The first-order valence-corrected chi connectivity index (χ1v) is 13.6. The minimum atomic E-state index is -3.89. The Morgan fingerprint density at radius 2 is 1.66 bits per heavy atom. The van der Waals surface area contributed by atoms with E-state index in [-0.39, 0.29) is 24.0 Å². The van der Waals surface area contributed by atoms with Gasteiger partial charge in [0.05, 0.1) is 11.2 Å². The van der Waals surface area contributed by atoms with Crippen LogP contribution in [0.5, 0.6) is 5.75 Å². The molecule has 1 aromatic heterocycles. The Hall–Kier alpha value is -3.55. The normalized spacial score (nSPS) is 11.8. The molecule has 1 heterocycles.